The lowest BCUT2D eigenvalue weighted by Gasteiger charge is -2.23. The molecule has 1 amide bonds. The summed E-state index contributed by atoms with van der Waals surface area (Å²) in [7, 11) is 1.67. The molecule has 0 radical (unpaired) electrons. The molecule has 0 saturated carbocycles. The van der Waals surface area contributed by atoms with Gasteiger partial charge in [0.05, 0.1) is 11.5 Å². The molecule has 4 heteroatoms. The van der Waals surface area contributed by atoms with Gasteiger partial charge in [-0.2, -0.15) is 0 Å². The Bertz CT molecular complexity index is 412. The van der Waals surface area contributed by atoms with Crippen molar-refractivity contribution in [2.75, 3.05) is 13.7 Å². The summed E-state index contributed by atoms with van der Waals surface area (Å²) in [6.45, 7) is 6.41. The van der Waals surface area contributed by atoms with E-state index in [1.54, 1.807) is 31.4 Å². The van der Waals surface area contributed by atoms with Crippen molar-refractivity contribution in [3.63, 3.8) is 0 Å². The van der Waals surface area contributed by atoms with E-state index in [1.165, 1.54) is 0 Å². The summed E-state index contributed by atoms with van der Waals surface area (Å²) in [5.41, 5.74) is 0.663. The van der Waals surface area contributed by atoms with Crippen LogP contribution in [0.2, 0.25) is 0 Å². The molecular weight excluding hydrogens is 242 g/mol. The average Bonchev–Trinajstić information content (AvgIpc) is 2.38. The first-order chi connectivity index (χ1) is 8.85. The Morgan fingerprint density at radius 1 is 1.37 bits per heavy atom. The number of hydrogen-bond donors (Lipinski definition) is 2. The van der Waals surface area contributed by atoms with Crippen LogP contribution in [0.3, 0.4) is 0 Å². The molecule has 0 spiro atoms. The van der Waals surface area contributed by atoms with E-state index in [9.17, 15) is 9.90 Å². The van der Waals surface area contributed by atoms with Crippen molar-refractivity contribution in [2.24, 2.45) is 0 Å². The molecule has 1 atom stereocenters. The highest BCUT2D eigenvalue weighted by molar-refractivity contribution is 5.83. The number of ether oxygens (including phenoxy) is 1. The molecule has 2 N–H and O–H groups in total. The third-order valence-corrected chi connectivity index (χ3v) is 3.37. The smallest absolute Gasteiger partial charge is 0.227 e. The fraction of sp³-hybridized carbons (Fsp3) is 0.533. The number of nitrogens with one attached hydrogen (secondary N) is 1. The molecule has 4 nitrogen and oxygen atoms in total. The Morgan fingerprint density at radius 2 is 1.95 bits per heavy atom. The molecule has 0 aliphatic carbocycles. The summed E-state index contributed by atoms with van der Waals surface area (Å²) >= 11 is 0. The highest BCUT2D eigenvalue weighted by atomic mass is 16.5. The molecule has 0 fully saturated rings. The topological polar surface area (TPSA) is 58.6 Å². The first-order valence-corrected chi connectivity index (χ1v) is 6.47. The first kappa shape index (κ1) is 15.5. The lowest BCUT2D eigenvalue weighted by Crippen LogP contribution is -2.34. The van der Waals surface area contributed by atoms with Gasteiger partial charge in [-0.05, 0) is 44.9 Å². The number of rotatable bonds is 6. The van der Waals surface area contributed by atoms with Crippen molar-refractivity contribution >= 4 is 5.91 Å². The molecule has 19 heavy (non-hydrogen) atoms. The summed E-state index contributed by atoms with van der Waals surface area (Å²) < 4.78 is 5.30. The first-order valence-electron chi connectivity index (χ1n) is 6.47. The van der Waals surface area contributed by atoms with Crippen molar-refractivity contribution in [3.8, 4) is 5.75 Å². The Labute approximate surface area is 114 Å². The molecule has 1 rings (SSSR count). The number of benzene rings is 1. The van der Waals surface area contributed by atoms with E-state index in [0.717, 1.165) is 12.0 Å². The van der Waals surface area contributed by atoms with E-state index in [-0.39, 0.29) is 23.2 Å². The lowest BCUT2D eigenvalue weighted by molar-refractivity contribution is -0.122. The van der Waals surface area contributed by atoms with Crippen LogP contribution in [0.1, 0.15) is 38.7 Å². The number of methoxy groups -OCH3 is 1. The molecular formula is C15H23NO3. The number of phenols is 1. The SMILES string of the molecule is COC(C)(C)CCNC(=O)C(C)c1ccc(O)cc1. The molecule has 0 aliphatic rings. The molecule has 0 bridgehead atoms. The second-order valence-electron chi connectivity index (χ2n) is 5.32. The number of carbonyl (C=O) groups is 1. The zero-order valence-corrected chi connectivity index (χ0v) is 12.1. The molecule has 0 aliphatic heterocycles. The lowest BCUT2D eigenvalue weighted by atomic mass is 10.00. The van der Waals surface area contributed by atoms with E-state index < -0.39 is 0 Å². The van der Waals surface area contributed by atoms with Gasteiger partial charge in [0.2, 0.25) is 5.91 Å². The zero-order valence-electron chi connectivity index (χ0n) is 12.1. The third-order valence-electron chi connectivity index (χ3n) is 3.37. The van der Waals surface area contributed by atoms with Crippen LogP contribution in [0, 0.1) is 0 Å². The summed E-state index contributed by atoms with van der Waals surface area (Å²) in [5.74, 6) is -0.0398. The van der Waals surface area contributed by atoms with Crippen LogP contribution in [-0.4, -0.2) is 30.3 Å². The van der Waals surface area contributed by atoms with Crippen LogP contribution in [-0.2, 0) is 9.53 Å². The van der Waals surface area contributed by atoms with E-state index in [0.29, 0.717) is 6.54 Å². The molecule has 0 saturated heterocycles. The van der Waals surface area contributed by atoms with Gasteiger partial charge in [0, 0.05) is 13.7 Å². The summed E-state index contributed by atoms with van der Waals surface area (Å²) in [4.78, 5) is 12.0. The summed E-state index contributed by atoms with van der Waals surface area (Å²) in [5, 5.41) is 12.1. The Hall–Kier alpha value is -1.55. The maximum absolute atomic E-state index is 12.0. The van der Waals surface area contributed by atoms with Gasteiger partial charge in [0.1, 0.15) is 5.75 Å². The van der Waals surface area contributed by atoms with Crippen LogP contribution >= 0.6 is 0 Å². The maximum Gasteiger partial charge on any atom is 0.227 e. The van der Waals surface area contributed by atoms with Gasteiger partial charge in [-0.3, -0.25) is 4.79 Å². The van der Waals surface area contributed by atoms with Crippen molar-refractivity contribution in [3.05, 3.63) is 29.8 Å². The minimum absolute atomic E-state index is 0.0161. The zero-order chi connectivity index (χ0) is 14.5. The molecule has 0 aromatic heterocycles. The van der Waals surface area contributed by atoms with E-state index in [2.05, 4.69) is 5.32 Å². The van der Waals surface area contributed by atoms with Gasteiger partial charge in [-0.1, -0.05) is 12.1 Å². The highest BCUT2D eigenvalue weighted by Crippen LogP contribution is 2.18. The molecule has 1 aromatic carbocycles. The van der Waals surface area contributed by atoms with Crippen molar-refractivity contribution in [2.45, 2.75) is 38.7 Å². The van der Waals surface area contributed by atoms with Crippen LogP contribution < -0.4 is 5.32 Å². The monoisotopic (exact) mass is 265 g/mol. The molecule has 106 valence electrons. The summed E-state index contributed by atoms with van der Waals surface area (Å²) in [6, 6.07) is 6.71. The number of hydrogen-bond acceptors (Lipinski definition) is 3. The van der Waals surface area contributed by atoms with Gasteiger partial charge < -0.3 is 15.2 Å². The number of aromatic hydroxyl groups is 1. The summed E-state index contributed by atoms with van der Waals surface area (Å²) in [6.07, 6.45) is 0.761. The van der Waals surface area contributed by atoms with Crippen molar-refractivity contribution < 1.29 is 14.6 Å². The van der Waals surface area contributed by atoms with Crippen LogP contribution in [0.4, 0.5) is 0 Å². The molecule has 1 aromatic rings. The maximum atomic E-state index is 12.0. The number of phenolic OH excluding ortho intramolecular Hbond substituents is 1. The normalized spacial score (nSPS) is 13.1. The minimum atomic E-state index is -0.230. The van der Waals surface area contributed by atoms with E-state index >= 15 is 0 Å². The second-order valence-corrected chi connectivity index (χ2v) is 5.32. The van der Waals surface area contributed by atoms with E-state index in [1.807, 2.05) is 20.8 Å². The number of amides is 1. The van der Waals surface area contributed by atoms with Crippen molar-refractivity contribution in [1.82, 2.24) is 5.32 Å². The van der Waals surface area contributed by atoms with E-state index in [4.69, 9.17) is 4.74 Å². The molecule has 1 unspecified atom stereocenters. The average molecular weight is 265 g/mol. The Kier molecular flexibility index (Phi) is 5.36. The van der Waals surface area contributed by atoms with Gasteiger partial charge in [-0.25, -0.2) is 0 Å². The fourth-order valence-electron chi connectivity index (χ4n) is 1.66. The Balaban J connectivity index is 2.47. The van der Waals surface area contributed by atoms with Crippen molar-refractivity contribution in [1.29, 1.82) is 0 Å². The standard InChI is InChI=1S/C15H23NO3/c1-11(12-5-7-13(17)8-6-12)14(18)16-10-9-15(2,3)19-4/h5-8,11,17H,9-10H2,1-4H3,(H,16,18). The van der Waals surface area contributed by atoms with Gasteiger partial charge in [-0.15, -0.1) is 0 Å². The predicted molar refractivity (Wildman–Crippen MR) is 75.2 cm³/mol. The molecule has 0 heterocycles. The quantitative estimate of drug-likeness (QED) is 0.830. The Morgan fingerprint density at radius 3 is 2.47 bits per heavy atom. The minimum Gasteiger partial charge on any atom is -0.508 e. The number of carbonyl (C=O) groups excluding carboxylic acids is 1. The third kappa shape index (κ3) is 4.91. The largest absolute Gasteiger partial charge is 0.508 e. The second kappa shape index (κ2) is 6.57. The van der Waals surface area contributed by atoms with Crippen LogP contribution in [0.15, 0.2) is 24.3 Å². The van der Waals surface area contributed by atoms with Crippen LogP contribution in [0.5, 0.6) is 5.75 Å². The van der Waals surface area contributed by atoms with Gasteiger partial charge in [0.25, 0.3) is 0 Å². The van der Waals surface area contributed by atoms with Gasteiger partial charge >= 0.3 is 0 Å². The predicted octanol–water partition coefficient (Wildman–Crippen LogP) is 2.43. The van der Waals surface area contributed by atoms with Crippen LogP contribution in [0.25, 0.3) is 0 Å². The fourth-order valence-corrected chi connectivity index (χ4v) is 1.66. The highest BCUT2D eigenvalue weighted by Gasteiger charge is 2.18. The van der Waals surface area contributed by atoms with Gasteiger partial charge in [0.15, 0.2) is 0 Å².